The second-order valence-electron chi connectivity index (χ2n) is 5.13. The van der Waals surface area contributed by atoms with E-state index in [9.17, 15) is 4.79 Å². The molecule has 0 aromatic heterocycles. The number of rotatable bonds is 7. The molecule has 0 saturated carbocycles. The highest BCUT2D eigenvalue weighted by Crippen LogP contribution is 2.30. The summed E-state index contributed by atoms with van der Waals surface area (Å²) in [5, 5.41) is 6.13. The average molecular weight is 346 g/mol. The van der Waals surface area contributed by atoms with E-state index in [1.165, 1.54) is 0 Å². The van der Waals surface area contributed by atoms with Crippen molar-refractivity contribution in [2.24, 2.45) is 0 Å². The molecule has 2 rings (SSSR count). The lowest BCUT2D eigenvalue weighted by Gasteiger charge is -2.17. The molecule has 128 valence electrons. The van der Waals surface area contributed by atoms with Crippen molar-refractivity contribution in [3.05, 3.63) is 42.5 Å². The van der Waals surface area contributed by atoms with Crippen LogP contribution in [-0.4, -0.2) is 32.4 Å². The number of amides is 1. The summed E-state index contributed by atoms with van der Waals surface area (Å²) in [6.45, 7) is 1.81. The smallest absolute Gasteiger partial charge is 0.246 e. The fourth-order valence-electron chi connectivity index (χ4n) is 2.23. The van der Waals surface area contributed by atoms with Crippen LogP contribution in [-0.2, 0) is 4.79 Å². The first-order valence-corrected chi connectivity index (χ1v) is 8.74. The van der Waals surface area contributed by atoms with Crippen LogP contribution >= 0.6 is 11.8 Å². The molecule has 5 nitrogen and oxygen atoms in total. The Balaban J connectivity index is 2.06. The maximum absolute atomic E-state index is 12.4. The van der Waals surface area contributed by atoms with Crippen LogP contribution in [0, 0.1) is 0 Å². The van der Waals surface area contributed by atoms with Gasteiger partial charge in [-0.2, -0.15) is 0 Å². The molecule has 2 aromatic rings. The molecule has 24 heavy (non-hydrogen) atoms. The molecule has 2 aromatic carbocycles. The maximum atomic E-state index is 12.4. The molecule has 0 aliphatic rings. The number of benzene rings is 2. The molecule has 0 heterocycles. The van der Waals surface area contributed by atoms with E-state index in [1.54, 1.807) is 38.1 Å². The van der Waals surface area contributed by atoms with Crippen LogP contribution < -0.4 is 20.1 Å². The largest absolute Gasteiger partial charge is 0.493 e. The Morgan fingerprint density at radius 1 is 1.08 bits per heavy atom. The first-order valence-electron chi connectivity index (χ1n) is 7.51. The van der Waals surface area contributed by atoms with Gasteiger partial charge < -0.3 is 20.1 Å². The Hall–Kier alpha value is -2.34. The first-order chi connectivity index (χ1) is 11.6. The number of carbonyl (C=O) groups excluding carboxylic acids is 1. The van der Waals surface area contributed by atoms with Crippen LogP contribution in [0.15, 0.2) is 47.4 Å². The molecule has 2 N–H and O–H groups in total. The van der Waals surface area contributed by atoms with Gasteiger partial charge in [0.25, 0.3) is 0 Å². The van der Waals surface area contributed by atoms with Gasteiger partial charge in [-0.1, -0.05) is 12.1 Å². The van der Waals surface area contributed by atoms with Crippen LogP contribution in [0.3, 0.4) is 0 Å². The number of para-hydroxylation sites is 1. The van der Waals surface area contributed by atoms with E-state index in [4.69, 9.17) is 9.47 Å². The van der Waals surface area contributed by atoms with Gasteiger partial charge in [-0.05, 0) is 37.4 Å². The normalized spacial score (nSPS) is 11.5. The summed E-state index contributed by atoms with van der Waals surface area (Å²) in [7, 11) is 3.17. The van der Waals surface area contributed by atoms with Crippen molar-refractivity contribution in [2.45, 2.75) is 17.9 Å². The van der Waals surface area contributed by atoms with E-state index in [0.29, 0.717) is 11.5 Å². The zero-order valence-corrected chi connectivity index (χ0v) is 15.1. The van der Waals surface area contributed by atoms with Gasteiger partial charge in [-0.15, -0.1) is 11.8 Å². The van der Waals surface area contributed by atoms with Gasteiger partial charge in [0, 0.05) is 16.6 Å². The van der Waals surface area contributed by atoms with Crippen molar-refractivity contribution in [1.29, 1.82) is 0 Å². The third-order valence-electron chi connectivity index (χ3n) is 3.52. The number of anilines is 2. The lowest BCUT2D eigenvalue weighted by molar-refractivity contribution is -0.116. The fraction of sp³-hybridized carbons (Fsp3) is 0.278. The van der Waals surface area contributed by atoms with Gasteiger partial charge in [0.2, 0.25) is 5.91 Å². The van der Waals surface area contributed by atoms with Gasteiger partial charge in [-0.25, -0.2) is 0 Å². The SMILES string of the molecule is COc1ccc(N[C@@H](C)C(=O)Nc2ccccc2SC)cc1OC. The zero-order chi connectivity index (χ0) is 17.5. The third kappa shape index (κ3) is 4.35. The van der Waals surface area contributed by atoms with Gasteiger partial charge in [0.1, 0.15) is 6.04 Å². The Morgan fingerprint density at radius 2 is 1.79 bits per heavy atom. The van der Waals surface area contributed by atoms with Crippen molar-refractivity contribution in [2.75, 3.05) is 31.1 Å². The van der Waals surface area contributed by atoms with Crippen LogP contribution in [0.2, 0.25) is 0 Å². The van der Waals surface area contributed by atoms with Gasteiger partial charge in [0.05, 0.1) is 19.9 Å². The molecule has 0 aliphatic carbocycles. The summed E-state index contributed by atoms with van der Waals surface area (Å²) < 4.78 is 10.5. The van der Waals surface area contributed by atoms with E-state index in [2.05, 4.69) is 10.6 Å². The van der Waals surface area contributed by atoms with E-state index in [1.807, 2.05) is 43.5 Å². The maximum Gasteiger partial charge on any atom is 0.246 e. The lowest BCUT2D eigenvalue weighted by Crippen LogP contribution is -2.32. The minimum atomic E-state index is -0.405. The number of hydrogen-bond acceptors (Lipinski definition) is 5. The number of thioether (sulfide) groups is 1. The summed E-state index contributed by atoms with van der Waals surface area (Å²) in [4.78, 5) is 13.5. The Morgan fingerprint density at radius 3 is 2.46 bits per heavy atom. The number of methoxy groups -OCH3 is 2. The van der Waals surface area contributed by atoms with Crippen LogP contribution in [0.1, 0.15) is 6.92 Å². The summed E-state index contributed by atoms with van der Waals surface area (Å²) in [6, 6.07) is 12.8. The van der Waals surface area contributed by atoms with Gasteiger partial charge in [-0.3, -0.25) is 4.79 Å². The molecule has 0 fully saturated rings. The minimum absolute atomic E-state index is 0.105. The number of carbonyl (C=O) groups is 1. The molecule has 6 heteroatoms. The highest BCUT2D eigenvalue weighted by molar-refractivity contribution is 7.98. The lowest BCUT2D eigenvalue weighted by atomic mass is 10.2. The van der Waals surface area contributed by atoms with Gasteiger partial charge >= 0.3 is 0 Å². The monoisotopic (exact) mass is 346 g/mol. The van der Waals surface area contributed by atoms with E-state index in [-0.39, 0.29) is 5.91 Å². The Kier molecular flexibility index (Phi) is 6.37. The average Bonchev–Trinajstić information content (AvgIpc) is 2.61. The first kappa shape index (κ1) is 18.0. The predicted octanol–water partition coefficient (Wildman–Crippen LogP) is 3.86. The molecular formula is C18H22N2O3S. The minimum Gasteiger partial charge on any atom is -0.493 e. The standard InChI is InChI=1S/C18H22N2O3S/c1-12(18(21)20-14-7-5-6-8-17(14)24-4)19-13-9-10-15(22-2)16(11-13)23-3/h5-12,19H,1-4H3,(H,20,21)/t12-/m0/s1. The highest BCUT2D eigenvalue weighted by Gasteiger charge is 2.15. The molecule has 0 saturated heterocycles. The van der Waals surface area contributed by atoms with Gasteiger partial charge in [0.15, 0.2) is 11.5 Å². The molecule has 0 bridgehead atoms. The van der Waals surface area contributed by atoms with Crippen molar-refractivity contribution >= 4 is 29.0 Å². The molecule has 1 atom stereocenters. The topological polar surface area (TPSA) is 59.6 Å². The Labute approximate surface area is 146 Å². The predicted molar refractivity (Wildman–Crippen MR) is 99.5 cm³/mol. The van der Waals surface area contributed by atoms with Crippen molar-refractivity contribution in [1.82, 2.24) is 0 Å². The second-order valence-corrected chi connectivity index (χ2v) is 5.97. The molecule has 0 radical (unpaired) electrons. The number of hydrogen-bond donors (Lipinski definition) is 2. The third-order valence-corrected chi connectivity index (χ3v) is 4.32. The van der Waals surface area contributed by atoms with Crippen molar-refractivity contribution in [3.8, 4) is 11.5 Å². The number of ether oxygens (including phenoxy) is 2. The van der Waals surface area contributed by atoms with E-state index in [0.717, 1.165) is 16.3 Å². The van der Waals surface area contributed by atoms with Crippen molar-refractivity contribution in [3.63, 3.8) is 0 Å². The summed E-state index contributed by atoms with van der Waals surface area (Å²) in [5.41, 5.74) is 1.60. The molecule has 0 unspecified atom stereocenters. The molecule has 0 spiro atoms. The second kappa shape index (κ2) is 8.49. The molecule has 0 aliphatic heterocycles. The molecular weight excluding hydrogens is 324 g/mol. The fourth-order valence-corrected chi connectivity index (χ4v) is 2.78. The van der Waals surface area contributed by atoms with E-state index >= 15 is 0 Å². The summed E-state index contributed by atoms with van der Waals surface area (Å²) in [6.07, 6.45) is 1.98. The van der Waals surface area contributed by atoms with Crippen LogP contribution in [0.5, 0.6) is 11.5 Å². The molecule has 1 amide bonds. The number of nitrogens with one attached hydrogen (secondary N) is 2. The summed E-state index contributed by atoms with van der Waals surface area (Å²) >= 11 is 1.60. The van der Waals surface area contributed by atoms with Crippen LogP contribution in [0.4, 0.5) is 11.4 Å². The van der Waals surface area contributed by atoms with Crippen LogP contribution in [0.25, 0.3) is 0 Å². The van der Waals surface area contributed by atoms with E-state index < -0.39 is 6.04 Å². The zero-order valence-electron chi connectivity index (χ0n) is 14.3. The van der Waals surface area contributed by atoms with Crippen molar-refractivity contribution < 1.29 is 14.3 Å². The summed E-state index contributed by atoms with van der Waals surface area (Å²) in [5.74, 6) is 1.16. The quantitative estimate of drug-likeness (QED) is 0.746. The Bertz CT molecular complexity index is 706. The highest BCUT2D eigenvalue weighted by atomic mass is 32.2.